The topological polar surface area (TPSA) is 138 Å². The molecule has 0 radical (unpaired) electrons. The third-order valence-electron chi connectivity index (χ3n) is 3.68. The number of anilines is 1. The molecule has 0 aromatic carbocycles. The fourth-order valence-corrected chi connectivity index (χ4v) is 4.67. The quantitative estimate of drug-likeness (QED) is 0.237. The van der Waals surface area contributed by atoms with Gasteiger partial charge in [0.2, 0.25) is 0 Å². The van der Waals surface area contributed by atoms with Gasteiger partial charge in [0, 0.05) is 0 Å². The van der Waals surface area contributed by atoms with Crippen molar-refractivity contribution in [3.63, 3.8) is 0 Å². The van der Waals surface area contributed by atoms with Crippen LogP contribution in [0.2, 0.25) is 0 Å². The molecule has 10 nitrogen and oxygen atoms in total. The Bertz CT molecular complexity index is 841. The van der Waals surface area contributed by atoms with Crippen molar-refractivity contribution in [3.8, 4) is 0 Å². The molecule has 2 aliphatic rings. The Kier molecular flexibility index (Phi) is 5.38. The summed E-state index contributed by atoms with van der Waals surface area (Å²) in [5.74, 6) is 0.213. The molecule has 0 aliphatic carbocycles. The molecule has 0 bridgehead atoms. The number of nitrogens with two attached hydrogens (primary N) is 1. The Labute approximate surface area is 171 Å². The van der Waals surface area contributed by atoms with Crippen molar-refractivity contribution in [1.29, 1.82) is 0 Å². The summed E-state index contributed by atoms with van der Waals surface area (Å²) in [5.41, 5.74) is 6.57. The minimum absolute atomic E-state index is 0. The van der Waals surface area contributed by atoms with Crippen molar-refractivity contribution in [2.45, 2.75) is 24.5 Å². The van der Waals surface area contributed by atoms with E-state index in [1.807, 2.05) is 0 Å². The third-order valence-corrected chi connectivity index (χ3v) is 5.80. The van der Waals surface area contributed by atoms with E-state index in [1.54, 1.807) is 4.57 Å². The van der Waals surface area contributed by atoms with Crippen LogP contribution < -0.4 is 35.3 Å². The Morgan fingerprint density at radius 3 is 2.96 bits per heavy atom. The molecule has 4 N–H and O–H groups in total. The first-order chi connectivity index (χ1) is 10.9. The summed E-state index contributed by atoms with van der Waals surface area (Å²) >= 11 is 8.13. The van der Waals surface area contributed by atoms with E-state index in [1.165, 1.54) is 6.33 Å². The maximum Gasteiger partial charge on any atom is 1.00 e. The van der Waals surface area contributed by atoms with Crippen molar-refractivity contribution in [2.24, 2.45) is 0 Å². The van der Waals surface area contributed by atoms with E-state index in [2.05, 4.69) is 30.9 Å². The number of aliphatic hydroxyl groups excluding tert-OH is 1. The van der Waals surface area contributed by atoms with Gasteiger partial charge in [-0.1, -0.05) is 0 Å². The molecule has 2 aliphatic heterocycles. The number of ether oxygens (including phenoxy) is 1. The molecular formula is C10H11BrN5NaO5PS+. The SMILES string of the molecule is Nc1ncnc2c1nc(Br)n2C1OC2COP(O)(=S)OC2C1O.[Na+]. The number of aromatic nitrogens is 4. The van der Waals surface area contributed by atoms with E-state index < -0.39 is 31.3 Å². The first-order valence-electron chi connectivity index (χ1n) is 6.50. The monoisotopic (exact) mass is 446 g/mol. The Balaban J connectivity index is 0.00000169. The van der Waals surface area contributed by atoms with Gasteiger partial charge < -0.3 is 25.0 Å². The molecule has 5 atom stereocenters. The summed E-state index contributed by atoms with van der Waals surface area (Å²) in [5, 5.41) is 10.6. The maximum atomic E-state index is 10.6. The molecule has 2 aromatic heterocycles. The van der Waals surface area contributed by atoms with Crippen LogP contribution in [0.1, 0.15) is 6.23 Å². The molecule has 24 heavy (non-hydrogen) atoms. The first kappa shape index (κ1) is 19.1. The molecule has 0 spiro atoms. The fraction of sp³-hybridized carbons (Fsp3) is 0.500. The van der Waals surface area contributed by atoms with Crippen molar-refractivity contribution >= 4 is 51.4 Å². The van der Waals surface area contributed by atoms with Crippen LogP contribution >= 0.6 is 22.6 Å². The number of hydrogen-bond acceptors (Lipinski definition) is 9. The van der Waals surface area contributed by atoms with Crippen LogP contribution in [0.5, 0.6) is 0 Å². The summed E-state index contributed by atoms with van der Waals surface area (Å²) in [6.07, 6.45) is -2.02. The van der Waals surface area contributed by atoms with Gasteiger partial charge >= 0.3 is 36.3 Å². The van der Waals surface area contributed by atoms with Crippen LogP contribution in [0.4, 0.5) is 5.82 Å². The largest absolute Gasteiger partial charge is 1.00 e. The minimum atomic E-state index is -3.35. The number of fused-ring (bicyclic) bond motifs is 2. The summed E-state index contributed by atoms with van der Waals surface area (Å²) in [4.78, 5) is 22.0. The first-order valence-corrected chi connectivity index (χ1v) is 9.89. The van der Waals surface area contributed by atoms with Crippen molar-refractivity contribution in [3.05, 3.63) is 11.1 Å². The number of nitrogens with zero attached hydrogens (tertiary/aromatic N) is 4. The van der Waals surface area contributed by atoms with Crippen LogP contribution in [-0.4, -0.2) is 54.4 Å². The molecule has 2 fully saturated rings. The van der Waals surface area contributed by atoms with Gasteiger partial charge in [0.15, 0.2) is 27.9 Å². The Morgan fingerprint density at radius 1 is 1.46 bits per heavy atom. The van der Waals surface area contributed by atoms with Gasteiger partial charge in [-0.2, -0.15) is 0 Å². The zero-order chi connectivity index (χ0) is 16.4. The average molecular weight is 447 g/mol. The molecule has 2 saturated heterocycles. The van der Waals surface area contributed by atoms with Gasteiger partial charge in [-0.3, -0.25) is 9.09 Å². The minimum Gasteiger partial charge on any atom is -0.386 e. The Morgan fingerprint density at radius 2 is 2.21 bits per heavy atom. The molecule has 4 rings (SSSR count). The van der Waals surface area contributed by atoms with Crippen molar-refractivity contribution < 1.29 is 53.3 Å². The third kappa shape index (κ3) is 3.08. The molecule has 14 heteroatoms. The maximum absolute atomic E-state index is 10.6. The second-order valence-corrected chi connectivity index (χ2v) is 8.57. The summed E-state index contributed by atoms with van der Waals surface area (Å²) in [7, 11) is 0. The standard InChI is InChI=1S/C10H11BrN5O5PS.Na/c11-10-15-4-7(12)13-2-14-8(4)16(10)9-5(17)6-3(20-9)1-19-22(18,23)21-6;/h2-3,5-6,9,17H,1H2,(H,18,23)(H2,12,13,14);/q;+1. The zero-order valence-electron chi connectivity index (χ0n) is 12.3. The van der Waals surface area contributed by atoms with E-state index >= 15 is 0 Å². The zero-order valence-corrected chi connectivity index (χ0v) is 17.6. The number of aliphatic hydroxyl groups is 1. The summed E-state index contributed by atoms with van der Waals surface area (Å²) < 4.78 is 18.1. The van der Waals surface area contributed by atoms with Crippen LogP contribution in [0.15, 0.2) is 11.1 Å². The molecule has 0 saturated carbocycles. The van der Waals surface area contributed by atoms with Crippen LogP contribution in [0, 0.1) is 0 Å². The number of imidazole rings is 1. The Hall–Kier alpha value is 0.280. The van der Waals surface area contributed by atoms with Crippen LogP contribution in [0.3, 0.4) is 0 Å². The molecule has 0 amide bonds. The van der Waals surface area contributed by atoms with Gasteiger partial charge in [-0.25, -0.2) is 15.0 Å². The predicted molar refractivity (Wildman–Crippen MR) is 84.7 cm³/mol. The molecule has 2 aromatic rings. The smallest absolute Gasteiger partial charge is 0.386 e. The second kappa shape index (κ2) is 6.78. The molecule has 5 unspecified atom stereocenters. The van der Waals surface area contributed by atoms with E-state index in [0.29, 0.717) is 15.9 Å². The van der Waals surface area contributed by atoms with Crippen LogP contribution in [0.25, 0.3) is 11.2 Å². The van der Waals surface area contributed by atoms with Crippen molar-refractivity contribution in [1.82, 2.24) is 19.5 Å². The van der Waals surface area contributed by atoms with Gasteiger partial charge in [0.1, 0.15) is 24.6 Å². The normalized spacial score (nSPS) is 35.6. The van der Waals surface area contributed by atoms with E-state index in [4.69, 9.17) is 31.3 Å². The van der Waals surface area contributed by atoms with E-state index in [9.17, 15) is 10.00 Å². The molecule has 124 valence electrons. The van der Waals surface area contributed by atoms with Crippen molar-refractivity contribution in [2.75, 3.05) is 12.3 Å². The van der Waals surface area contributed by atoms with E-state index in [0.717, 1.165) is 0 Å². The van der Waals surface area contributed by atoms with Gasteiger partial charge in [0.25, 0.3) is 0 Å². The molecule has 4 heterocycles. The fourth-order valence-electron chi connectivity index (χ4n) is 2.67. The van der Waals surface area contributed by atoms with Gasteiger partial charge in [0.05, 0.1) is 6.61 Å². The molecular weight excluding hydrogens is 436 g/mol. The summed E-state index contributed by atoms with van der Waals surface area (Å²) in [6, 6.07) is 0. The summed E-state index contributed by atoms with van der Waals surface area (Å²) in [6.45, 7) is -3.32. The number of halogens is 1. The van der Waals surface area contributed by atoms with Gasteiger partial charge in [-0.05, 0) is 27.7 Å². The van der Waals surface area contributed by atoms with Gasteiger partial charge in [-0.15, -0.1) is 0 Å². The average Bonchev–Trinajstić information content (AvgIpc) is 2.97. The predicted octanol–water partition coefficient (Wildman–Crippen LogP) is -2.93. The number of nitrogen functional groups attached to an aromatic ring is 1. The second-order valence-electron chi connectivity index (χ2n) is 5.07. The number of rotatable bonds is 1. The number of hydrogen-bond donors (Lipinski definition) is 3. The van der Waals surface area contributed by atoms with Crippen LogP contribution in [-0.2, 0) is 25.6 Å². The van der Waals surface area contributed by atoms with E-state index in [-0.39, 0.29) is 42.0 Å².